The van der Waals surface area contributed by atoms with Crippen molar-refractivity contribution in [3.63, 3.8) is 0 Å². The molecule has 3 aromatic rings. The molecule has 0 spiro atoms. The van der Waals surface area contributed by atoms with Crippen LogP contribution in [-0.2, 0) is 6.54 Å². The van der Waals surface area contributed by atoms with E-state index in [1.165, 1.54) is 6.07 Å². The van der Waals surface area contributed by atoms with Crippen molar-refractivity contribution in [2.75, 3.05) is 0 Å². The Labute approximate surface area is 128 Å². The van der Waals surface area contributed by atoms with Crippen molar-refractivity contribution < 1.29 is 9.52 Å². The van der Waals surface area contributed by atoms with E-state index in [-0.39, 0.29) is 0 Å². The number of nitrogens with zero attached hydrogens (tertiary/aromatic N) is 3. The van der Waals surface area contributed by atoms with Crippen LogP contribution in [-0.4, -0.2) is 20.1 Å². The summed E-state index contributed by atoms with van der Waals surface area (Å²) in [5.74, 6) is 0. The van der Waals surface area contributed by atoms with Gasteiger partial charge in [0.2, 0.25) is 0 Å². The molecule has 108 valence electrons. The molecule has 0 aliphatic rings. The maximum absolute atomic E-state index is 11.7. The Bertz CT molecular complexity index is 854. The van der Waals surface area contributed by atoms with Crippen LogP contribution in [0.2, 0.25) is 0 Å². The highest BCUT2D eigenvalue weighted by Crippen LogP contribution is 2.22. The van der Waals surface area contributed by atoms with E-state index in [9.17, 15) is 9.90 Å². The summed E-state index contributed by atoms with van der Waals surface area (Å²) in [5, 5.41) is 18.1. The molecule has 0 amide bonds. The van der Waals surface area contributed by atoms with Gasteiger partial charge in [0.25, 0.3) is 0 Å². The van der Waals surface area contributed by atoms with Gasteiger partial charge in [-0.1, -0.05) is 21.1 Å². The van der Waals surface area contributed by atoms with Gasteiger partial charge < -0.3 is 9.52 Å². The molecule has 0 aliphatic heterocycles. The first kappa shape index (κ1) is 14.0. The molecule has 0 fully saturated rings. The Kier molecular flexibility index (Phi) is 3.60. The topological polar surface area (TPSA) is 81.2 Å². The molecule has 7 heteroatoms. The molecule has 6 nitrogen and oxygen atoms in total. The van der Waals surface area contributed by atoms with E-state index >= 15 is 0 Å². The average Bonchev–Trinajstić information content (AvgIpc) is 2.86. The molecule has 0 radical (unpaired) electrons. The Hall–Kier alpha value is -1.99. The van der Waals surface area contributed by atoms with E-state index in [0.717, 1.165) is 15.4 Å². The van der Waals surface area contributed by atoms with Crippen LogP contribution in [0.25, 0.3) is 11.0 Å². The predicted octanol–water partition coefficient (Wildman–Crippen LogP) is 2.25. The number of aliphatic hydroxyl groups is 1. The molecule has 1 unspecified atom stereocenters. The number of rotatable bonds is 3. The van der Waals surface area contributed by atoms with E-state index in [2.05, 4.69) is 26.2 Å². The fourth-order valence-corrected chi connectivity index (χ4v) is 2.43. The number of halogens is 1. The Morgan fingerprint density at radius 1 is 1.43 bits per heavy atom. The number of aliphatic hydroxyl groups excluding tert-OH is 1. The summed E-state index contributed by atoms with van der Waals surface area (Å²) in [6.07, 6.45) is 0.983. The van der Waals surface area contributed by atoms with Crippen LogP contribution in [0.4, 0.5) is 0 Å². The third-order valence-electron chi connectivity index (χ3n) is 3.11. The van der Waals surface area contributed by atoms with Crippen LogP contribution >= 0.6 is 15.9 Å². The molecule has 0 bridgehead atoms. The van der Waals surface area contributed by atoms with Gasteiger partial charge in [-0.15, -0.1) is 5.10 Å². The SMILES string of the molecule is CC(O)c1cn(Cc2cc(=O)oc3cc(Br)ccc23)nn1. The van der Waals surface area contributed by atoms with E-state index in [1.807, 2.05) is 12.1 Å². The minimum atomic E-state index is -0.674. The highest BCUT2D eigenvalue weighted by molar-refractivity contribution is 9.10. The third kappa shape index (κ3) is 2.88. The third-order valence-corrected chi connectivity index (χ3v) is 3.60. The average molecular weight is 350 g/mol. The van der Waals surface area contributed by atoms with E-state index in [4.69, 9.17) is 4.42 Å². The van der Waals surface area contributed by atoms with E-state index in [0.29, 0.717) is 17.8 Å². The van der Waals surface area contributed by atoms with Gasteiger partial charge in [0.1, 0.15) is 11.3 Å². The van der Waals surface area contributed by atoms with Crippen LogP contribution < -0.4 is 5.63 Å². The summed E-state index contributed by atoms with van der Waals surface area (Å²) < 4.78 is 7.62. The van der Waals surface area contributed by atoms with Crippen molar-refractivity contribution >= 4 is 26.9 Å². The monoisotopic (exact) mass is 349 g/mol. The first-order valence-electron chi connectivity index (χ1n) is 6.33. The van der Waals surface area contributed by atoms with Gasteiger partial charge in [-0.3, -0.25) is 0 Å². The summed E-state index contributed by atoms with van der Waals surface area (Å²) in [5.41, 5.74) is 1.38. The fourth-order valence-electron chi connectivity index (χ4n) is 2.09. The van der Waals surface area contributed by atoms with Crippen molar-refractivity contribution in [2.24, 2.45) is 0 Å². The molecule has 1 atom stereocenters. The standard InChI is InChI=1S/C14H12BrN3O3/c1-8(19)12-7-18(17-16-12)6-9-4-14(20)21-13-5-10(15)2-3-11(9)13/h2-5,7-8,19H,6H2,1H3. The molecule has 2 aromatic heterocycles. The fraction of sp³-hybridized carbons (Fsp3) is 0.214. The smallest absolute Gasteiger partial charge is 0.336 e. The minimum absolute atomic E-state index is 0.378. The van der Waals surface area contributed by atoms with Crippen molar-refractivity contribution in [2.45, 2.75) is 19.6 Å². The second kappa shape index (κ2) is 5.42. The summed E-state index contributed by atoms with van der Waals surface area (Å²) in [6, 6.07) is 6.96. The predicted molar refractivity (Wildman–Crippen MR) is 79.9 cm³/mol. The van der Waals surface area contributed by atoms with Crippen LogP contribution in [0.1, 0.15) is 24.3 Å². The lowest BCUT2D eigenvalue weighted by molar-refractivity contribution is 0.194. The van der Waals surface area contributed by atoms with Crippen molar-refractivity contribution in [3.8, 4) is 0 Å². The molecule has 21 heavy (non-hydrogen) atoms. The molecular formula is C14H12BrN3O3. The summed E-state index contributed by atoms with van der Waals surface area (Å²) in [7, 11) is 0. The number of benzene rings is 1. The Morgan fingerprint density at radius 3 is 2.95 bits per heavy atom. The highest BCUT2D eigenvalue weighted by atomic mass is 79.9. The van der Waals surface area contributed by atoms with Crippen LogP contribution in [0.3, 0.4) is 0 Å². The lowest BCUT2D eigenvalue weighted by atomic mass is 10.1. The first-order valence-corrected chi connectivity index (χ1v) is 7.12. The molecule has 3 rings (SSSR count). The number of hydrogen-bond acceptors (Lipinski definition) is 5. The lowest BCUT2D eigenvalue weighted by Gasteiger charge is -2.05. The van der Waals surface area contributed by atoms with Gasteiger partial charge in [0.05, 0.1) is 18.8 Å². The van der Waals surface area contributed by atoms with Gasteiger partial charge in [0, 0.05) is 15.9 Å². The molecule has 0 saturated carbocycles. The van der Waals surface area contributed by atoms with E-state index in [1.54, 1.807) is 23.9 Å². The van der Waals surface area contributed by atoms with Crippen molar-refractivity contribution in [1.29, 1.82) is 0 Å². The minimum Gasteiger partial charge on any atom is -0.423 e. The normalized spacial score (nSPS) is 12.7. The van der Waals surface area contributed by atoms with Gasteiger partial charge in [0.15, 0.2) is 0 Å². The van der Waals surface area contributed by atoms with Crippen LogP contribution in [0, 0.1) is 0 Å². The zero-order valence-corrected chi connectivity index (χ0v) is 12.7. The number of fused-ring (bicyclic) bond motifs is 1. The zero-order valence-electron chi connectivity index (χ0n) is 11.2. The second-order valence-corrected chi connectivity index (χ2v) is 5.66. The largest absolute Gasteiger partial charge is 0.423 e. The molecule has 0 saturated heterocycles. The molecule has 1 aromatic carbocycles. The van der Waals surface area contributed by atoms with Gasteiger partial charge >= 0.3 is 5.63 Å². The summed E-state index contributed by atoms with van der Waals surface area (Å²) in [6.45, 7) is 2.00. The van der Waals surface area contributed by atoms with Crippen LogP contribution in [0.15, 0.2) is 44.1 Å². The van der Waals surface area contributed by atoms with Gasteiger partial charge in [-0.25, -0.2) is 9.48 Å². The quantitative estimate of drug-likeness (QED) is 0.733. The molecular weight excluding hydrogens is 338 g/mol. The second-order valence-electron chi connectivity index (χ2n) is 4.75. The summed E-state index contributed by atoms with van der Waals surface area (Å²) in [4.78, 5) is 11.7. The van der Waals surface area contributed by atoms with Gasteiger partial charge in [-0.2, -0.15) is 0 Å². The maximum atomic E-state index is 11.7. The Balaban J connectivity index is 2.05. The number of aromatic nitrogens is 3. The first-order chi connectivity index (χ1) is 10.0. The summed E-state index contributed by atoms with van der Waals surface area (Å²) >= 11 is 3.35. The molecule has 2 heterocycles. The lowest BCUT2D eigenvalue weighted by Crippen LogP contribution is -2.06. The van der Waals surface area contributed by atoms with E-state index < -0.39 is 11.7 Å². The van der Waals surface area contributed by atoms with Gasteiger partial charge in [-0.05, 0) is 30.7 Å². The van der Waals surface area contributed by atoms with Crippen LogP contribution in [0.5, 0.6) is 0 Å². The highest BCUT2D eigenvalue weighted by Gasteiger charge is 2.10. The van der Waals surface area contributed by atoms with Crippen molar-refractivity contribution in [3.05, 3.63) is 56.6 Å². The number of hydrogen-bond donors (Lipinski definition) is 1. The molecule has 0 aliphatic carbocycles. The maximum Gasteiger partial charge on any atom is 0.336 e. The Morgan fingerprint density at radius 2 is 2.24 bits per heavy atom. The zero-order chi connectivity index (χ0) is 15.0. The van der Waals surface area contributed by atoms with Crippen molar-refractivity contribution in [1.82, 2.24) is 15.0 Å². The molecule has 1 N–H and O–H groups in total.